The first-order chi connectivity index (χ1) is 7.27. The number of thiophene rings is 1. The molecule has 0 amide bonds. The molecule has 3 nitrogen and oxygen atoms in total. The van der Waals surface area contributed by atoms with Crippen molar-refractivity contribution in [2.45, 2.75) is 13.0 Å². The van der Waals surface area contributed by atoms with Gasteiger partial charge in [0, 0.05) is 11.6 Å². The van der Waals surface area contributed by atoms with Crippen LogP contribution in [0.1, 0.15) is 27.7 Å². The number of hydrogen-bond donors (Lipinski definition) is 0. The maximum absolute atomic E-state index is 11.6. The number of carbonyl (C=O) groups excluding carboxylic acids is 1. The molecule has 0 unspecified atom stereocenters. The average Bonchev–Trinajstić information content (AvgIpc) is 2.91. The minimum atomic E-state index is -0.285. The van der Waals surface area contributed by atoms with E-state index in [1.165, 1.54) is 22.7 Å². The molecular weight excluding hydrogens is 230 g/mol. The Morgan fingerprint density at radius 1 is 1.47 bits per heavy atom. The largest absolute Gasteiger partial charge is 0.451 e. The minimum absolute atomic E-state index is 0.278. The lowest BCUT2D eigenvalue weighted by Crippen LogP contribution is -2.07. The standard InChI is InChI=1S/C10H9NO2S2/c1-7(9-11-4-6-15-9)13-10(12)8-3-2-5-14-8/h2-7H,1H3/t7-/m0/s1. The second-order valence-electron chi connectivity index (χ2n) is 2.90. The van der Waals surface area contributed by atoms with Gasteiger partial charge in [-0.3, -0.25) is 0 Å². The summed E-state index contributed by atoms with van der Waals surface area (Å²) < 4.78 is 5.26. The highest BCUT2D eigenvalue weighted by Crippen LogP contribution is 2.21. The van der Waals surface area contributed by atoms with Gasteiger partial charge >= 0.3 is 5.97 Å². The molecule has 0 fully saturated rings. The lowest BCUT2D eigenvalue weighted by atomic mass is 10.4. The van der Waals surface area contributed by atoms with Crippen molar-refractivity contribution >= 4 is 28.6 Å². The average molecular weight is 239 g/mol. The van der Waals surface area contributed by atoms with Crippen molar-refractivity contribution in [3.63, 3.8) is 0 Å². The quantitative estimate of drug-likeness (QED) is 0.772. The highest BCUT2D eigenvalue weighted by molar-refractivity contribution is 7.12. The number of rotatable bonds is 3. The Bertz CT molecular complexity index is 422. The van der Waals surface area contributed by atoms with Gasteiger partial charge in [0.05, 0.1) is 0 Å². The van der Waals surface area contributed by atoms with E-state index in [1.807, 2.05) is 23.8 Å². The Morgan fingerprint density at radius 3 is 2.93 bits per heavy atom. The normalized spacial score (nSPS) is 12.3. The fourth-order valence-corrected chi connectivity index (χ4v) is 2.33. The molecule has 78 valence electrons. The van der Waals surface area contributed by atoms with E-state index in [0.29, 0.717) is 4.88 Å². The van der Waals surface area contributed by atoms with Gasteiger partial charge in [0.25, 0.3) is 0 Å². The first kappa shape index (κ1) is 10.3. The molecular formula is C10H9NO2S2. The molecule has 0 aliphatic heterocycles. The van der Waals surface area contributed by atoms with Gasteiger partial charge in [0.15, 0.2) is 6.10 Å². The van der Waals surface area contributed by atoms with Crippen LogP contribution in [0.15, 0.2) is 29.1 Å². The van der Waals surface area contributed by atoms with Crippen LogP contribution in [0.2, 0.25) is 0 Å². The molecule has 2 rings (SSSR count). The van der Waals surface area contributed by atoms with Crippen molar-refractivity contribution in [2.75, 3.05) is 0 Å². The molecule has 0 saturated heterocycles. The third-order valence-corrected chi connectivity index (χ3v) is 3.59. The van der Waals surface area contributed by atoms with Crippen LogP contribution in [0.4, 0.5) is 0 Å². The van der Waals surface area contributed by atoms with E-state index in [9.17, 15) is 4.79 Å². The van der Waals surface area contributed by atoms with E-state index in [4.69, 9.17) is 4.74 Å². The summed E-state index contributed by atoms with van der Waals surface area (Å²) in [7, 11) is 0. The maximum atomic E-state index is 11.6. The zero-order chi connectivity index (χ0) is 10.7. The van der Waals surface area contributed by atoms with Crippen molar-refractivity contribution < 1.29 is 9.53 Å². The van der Waals surface area contributed by atoms with Crippen LogP contribution in [0.3, 0.4) is 0 Å². The predicted octanol–water partition coefficient (Wildman–Crippen LogP) is 3.12. The number of aromatic nitrogens is 1. The molecule has 15 heavy (non-hydrogen) atoms. The molecule has 2 aromatic heterocycles. The summed E-state index contributed by atoms with van der Waals surface area (Å²) in [5.41, 5.74) is 0. The molecule has 0 spiro atoms. The van der Waals surface area contributed by atoms with E-state index in [2.05, 4.69) is 4.98 Å². The van der Waals surface area contributed by atoms with Gasteiger partial charge in [0.1, 0.15) is 9.88 Å². The molecule has 0 saturated carbocycles. The number of nitrogens with zero attached hydrogens (tertiary/aromatic N) is 1. The monoisotopic (exact) mass is 239 g/mol. The van der Waals surface area contributed by atoms with E-state index in [-0.39, 0.29) is 12.1 Å². The summed E-state index contributed by atoms with van der Waals surface area (Å²) in [5, 5.41) is 4.54. The van der Waals surface area contributed by atoms with Gasteiger partial charge in [-0.05, 0) is 18.4 Å². The second kappa shape index (κ2) is 4.55. The Kier molecular flexibility index (Phi) is 3.13. The summed E-state index contributed by atoms with van der Waals surface area (Å²) in [6, 6.07) is 3.58. The summed E-state index contributed by atoms with van der Waals surface area (Å²) in [6.45, 7) is 1.82. The summed E-state index contributed by atoms with van der Waals surface area (Å²) in [6.07, 6.45) is 1.43. The van der Waals surface area contributed by atoms with Crippen LogP contribution in [-0.4, -0.2) is 11.0 Å². The third kappa shape index (κ3) is 2.43. The summed E-state index contributed by atoms with van der Waals surface area (Å²) in [4.78, 5) is 16.3. The number of thiazole rings is 1. The van der Waals surface area contributed by atoms with Gasteiger partial charge in [-0.2, -0.15) is 0 Å². The molecule has 1 atom stereocenters. The molecule has 2 heterocycles. The fourth-order valence-electron chi connectivity index (χ4n) is 1.10. The Hall–Kier alpha value is -1.20. The van der Waals surface area contributed by atoms with Crippen molar-refractivity contribution in [3.8, 4) is 0 Å². The molecule has 0 aliphatic rings. The SMILES string of the molecule is C[C@H](OC(=O)c1cccs1)c1nccs1. The zero-order valence-electron chi connectivity index (χ0n) is 8.04. The molecule has 0 aromatic carbocycles. The van der Waals surface area contributed by atoms with Gasteiger partial charge < -0.3 is 4.74 Å². The first-order valence-corrected chi connectivity index (χ1v) is 6.17. The zero-order valence-corrected chi connectivity index (χ0v) is 9.68. The molecule has 5 heteroatoms. The van der Waals surface area contributed by atoms with Gasteiger partial charge in [-0.25, -0.2) is 9.78 Å². The Labute approximate surface area is 95.4 Å². The molecule has 2 aromatic rings. The Balaban J connectivity index is 2.01. The van der Waals surface area contributed by atoms with Crippen LogP contribution >= 0.6 is 22.7 Å². The third-order valence-electron chi connectivity index (χ3n) is 1.81. The lowest BCUT2D eigenvalue weighted by molar-refractivity contribution is 0.0343. The van der Waals surface area contributed by atoms with Crippen molar-refractivity contribution in [1.82, 2.24) is 4.98 Å². The van der Waals surface area contributed by atoms with E-state index >= 15 is 0 Å². The van der Waals surface area contributed by atoms with E-state index in [0.717, 1.165) is 5.01 Å². The van der Waals surface area contributed by atoms with Crippen LogP contribution in [0, 0.1) is 0 Å². The summed E-state index contributed by atoms with van der Waals surface area (Å²) in [5.74, 6) is -0.285. The van der Waals surface area contributed by atoms with Crippen LogP contribution in [-0.2, 0) is 4.74 Å². The van der Waals surface area contributed by atoms with Gasteiger partial charge in [-0.1, -0.05) is 6.07 Å². The highest BCUT2D eigenvalue weighted by atomic mass is 32.1. The minimum Gasteiger partial charge on any atom is -0.451 e. The van der Waals surface area contributed by atoms with Gasteiger partial charge in [-0.15, -0.1) is 22.7 Å². The van der Waals surface area contributed by atoms with Crippen LogP contribution < -0.4 is 0 Å². The molecule has 0 N–H and O–H groups in total. The van der Waals surface area contributed by atoms with E-state index in [1.54, 1.807) is 12.3 Å². The van der Waals surface area contributed by atoms with Crippen molar-refractivity contribution in [2.24, 2.45) is 0 Å². The number of esters is 1. The highest BCUT2D eigenvalue weighted by Gasteiger charge is 2.15. The maximum Gasteiger partial charge on any atom is 0.348 e. The number of carbonyl (C=O) groups is 1. The molecule has 0 aliphatic carbocycles. The van der Waals surface area contributed by atoms with Crippen molar-refractivity contribution in [1.29, 1.82) is 0 Å². The molecule has 0 radical (unpaired) electrons. The number of hydrogen-bond acceptors (Lipinski definition) is 5. The Morgan fingerprint density at radius 2 is 2.33 bits per heavy atom. The van der Waals surface area contributed by atoms with Crippen LogP contribution in [0.5, 0.6) is 0 Å². The van der Waals surface area contributed by atoms with E-state index < -0.39 is 0 Å². The predicted molar refractivity (Wildman–Crippen MR) is 60.3 cm³/mol. The summed E-state index contributed by atoms with van der Waals surface area (Å²) >= 11 is 2.86. The lowest BCUT2D eigenvalue weighted by Gasteiger charge is -2.08. The fraction of sp³-hybridized carbons (Fsp3) is 0.200. The van der Waals surface area contributed by atoms with Crippen molar-refractivity contribution in [3.05, 3.63) is 39.0 Å². The number of ether oxygens (including phenoxy) is 1. The smallest absolute Gasteiger partial charge is 0.348 e. The first-order valence-electron chi connectivity index (χ1n) is 4.41. The van der Waals surface area contributed by atoms with Crippen LogP contribution in [0.25, 0.3) is 0 Å². The second-order valence-corrected chi connectivity index (χ2v) is 4.77. The molecule has 0 bridgehead atoms. The van der Waals surface area contributed by atoms with Gasteiger partial charge in [0.2, 0.25) is 0 Å². The topological polar surface area (TPSA) is 39.2 Å².